The highest BCUT2D eigenvalue weighted by molar-refractivity contribution is 5.83. The third-order valence-electron chi connectivity index (χ3n) is 1.23. The van der Waals surface area contributed by atoms with Crippen LogP contribution in [-0.4, -0.2) is 30.1 Å². The number of carbonyl (C=O) groups excluding carboxylic acids is 1. The van der Waals surface area contributed by atoms with Crippen molar-refractivity contribution >= 4 is 11.8 Å². The van der Waals surface area contributed by atoms with E-state index in [0.29, 0.717) is 6.61 Å². The van der Waals surface area contributed by atoms with Crippen molar-refractivity contribution in [2.75, 3.05) is 13.2 Å². The molecule has 0 aromatic rings. The van der Waals surface area contributed by atoms with Crippen LogP contribution in [0.2, 0.25) is 0 Å². The molecule has 70 valence electrons. The molecule has 0 aliphatic carbocycles. The van der Waals surface area contributed by atoms with Crippen LogP contribution in [0.15, 0.2) is 0 Å². The van der Waals surface area contributed by atoms with Crippen molar-refractivity contribution in [2.24, 2.45) is 0 Å². The average Bonchev–Trinajstić information content (AvgIpc) is 2.01. The van der Waals surface area contributed by atoms with E-state index in [9.17, 15) is 9.59 Å². The van der Waals surface area contributed by atoms with Gasteiger partial charge in [-0.05, 0) is 6.42 Å². The first kappa shape index (κ1) is 11.1. The van der Waals surface area contributed by atoms with E-state index < -0.39 is 5.97 Å². The Morgan fingerprint density at radius 1 is 1.33 bits per heavy atom. The second-order valence-corrected chi connectivity index (χ2v) is 2.48. The van der Waals surface area contributed by atoms with Crippen molar-refractivity contribution in [1.82, 2.24) is 0 Å². The quantitative estimate of drug-likeness (QED) is 0.581. The molecule has 4 nitrogen and oxygen atoms in total. The largest absolute Gasteiger partial charge is 0.481 e. The summed E-state index contributed by atoms with van der Waals surface area (Å²) in [6.07, 6.45) is 0.833. The zero-order chi connectivity index (χ0) is 9.40. The van der Waals surface area contributed by atoms with Gasteiger partial charge in [0, 0.05) is 13.0 Å². The minimum absolute atomic E-state index is 0.0428. The molecule has 0 amide bonds. The van der Waals surface area contributed by atoms with Gasteiger partial charge in [-0.25, -0.2) is 0 Å². The minimum Gasteiger partial charge on any atom is -0.481 e. The number of carbonyl (C=O) groups is 2. The van der Waals surface area contributed by atoms with Gasteiger partial charge < -0.3 is 9.84 Å². The van der Waals surface area contributed by atoms with E-state index in [0.717, 1.165) is 6.42 Å². The second-order valence-electron chi connectivity index (χ2n) is 2.48. The summed E-state index contributed by atoms with van der Waals surface area (Å²) in [4.78, 5) is 20.9. The third kappa shape index (κ3) is 7.21. The number of hydrogen-bond donors (Lipinski definition) is 1. The number of rotatable bonds is 7. The molecule has 0 aliphatic heterocycles. The normalized spacial score (nSPS) is 9.75. The molecule has 0 aromatic heterocycles. The number of carboxylic acids is 1. The Labute approximate surface area is 71.5 Å². The molecule has 0 saturated heterocycles. The van der Waals surface area contributed by atoms with Crippen LogP contribution in [0, 0.1) is 0 Å². The van der Waals surface area contributed by atoms with Gasteiger partial charge >= 0.3 is 5.97 Å². The fourth-order valence-electron chi connectivity index (χ4n) is 0.649. The number of carboxylic acid groups (broad SMARTS) is 1. The molecule has 0 bridgehead atoms. The average molecular weight is 174 g/mol. The van der Waals surface area contributed by atoms with E-state index in [2.05, 4.69) is 0 Å². The van der Waals surface area contributed by atoms with E-state index >= 15 is 0 Å². The number of ether oxygens (including phenoxy) is 1. The lowest BCUT2D eigenvalue weighted by Crippen LogP contribution is -2.10. The first-order valence-electron chi connectivity index (χ1n) is 3.98. The summed E-state index contributed by atoms with van der Waals surface area (Å²) in [5.41, 5.74) is 0. The third-order valence-corrected chi connectivity index (χ3v) is 1.23. The van der Waals surface area contributed by atoms with Crippen molar-refractivity contribution < 1.29 is 19.4 Å². The summed E-state index contributed by atoms with van der Waals surface area (Å²) >= 11 is 0. The fraction of sp³-hybridized carbons (Fsp3) is 0.750. The highest BCUT2D eigenvalue weighted by atomic mass is 16.5. The van der Waals surface area contributed by atoms with Crippen LogP contribution in [0.3, 0.4) is 0 Å². The van der Waals surface area contributed by atoms with Crippen molar-refractivity contribution in [3.8, 4) is 0 Å². The molecule has 12 heavy (non-hydrogen) atoms. The summed E-state index contributed by atoms with van der Waals surface area (Å²) < 4.78 is 4.93. The van der Waals surface area contributed by atoms with E-state index in [1.54, 1.807) is 0 Å². The van der Waals surface area contributed by atoms with Crippen LogP contribution < -0.4 is 0 Å². The van der Waals surface area contributed by atoms with E-state index in [1.807, 2.05) is 6.92 Å². The lowest BCUT2D eigenvalue weighted by molar-refractivity contribution is -0.139. The predicted molar refractivity (Wildman–Crippen MR) is 43.0 cm³/mol. The Balaban J connectivity index is 3.28. The molecule has 0 heterocycles. The maximum atomic E-state index is 10.8. The molecule has 0 atom stereocenters. The summed E-state index contributed by atoms with van der Waals surface area (Å²) in [7, 11) is 0. The lowest BCUT2D eigenvalue weighted by Gasteiger charge is -1.99. The predicted octanol–water partition coefficient (Wildman–Crippen LogP) is 0.847. The molecule has 4 heteroatoms. The molecule has 0 saturated carbocycles. The Kier molecular flexibility index (Phi) is 6.28. The van der Waals surface area contributed by atoms with Gasteiger partial charge in [0.1, 0.15) is 6.61 Å². The maximum absolute atomic E-state index is 10.8. The molecule has 0 rings (SSSR count). The second kappa shape index (κ2) is 6.79. The van der Waals surface area contributed by atoms with Crippen LogP contribution in [0.1, 0.15) is 26.2 Å². The smallest absolute Gasteiger partial charge is 0.303 e. The molecule has 0 unspecified atom stereocenters. The molecular formula is C8H14O4. The molecule has 0 spiro atoms. The van der Waals surface area contributed by atoms with Crippen molar-refractivity contribution in [3.63, 3.8) is 0 Å². The topological polar surface area (TPSA) is 63.6 Å². The highest BCUT2D eigenvalue weighted by Crippen LogP contribution is 1.92. The van der Waals surface area contributed by atoms with E-state index in [1.165, 1.54) is 0 Å². The van der Waals surface area contributed by atoms with Gasteiger partial charge in [0.25, 0.3) is 0 Å². The van der Waals surface area contributed by atoms with Crippen molar-refractivity contribution in [2.45, 2.75) is 26.2 Å². The van der Waals surface area contributed by atoms with Gasteiger partial charge in [-0.15, -0.1) is 0 Å². The number of aliphatic carboxylic acids is 1. The number of Topliss-reactive ketones (excluding diaryl/α,β-unsaturated/α-hetero) is 1. The zero-order valence-corrected chi connectivity index (χ0v) is 7.21. The van der Waals surface area contributed by atoms with Gasteiger partial charge in [-0.3, -0.25) is 9.59 Å². The first-order valence-corrected chi connectivity index (χ1v) is 3.98. The zero-order valence-electron chi connectivity index (χ0n) is 7.21. The lowest BCUT2D eigenvalue weighted by atomic mass is 10.2. The molecule has 0 fully saturated rings. The minimum atomic E-state index is -0.946. The van der Waals surface area contributed by atoms with Crippen molar-refractivity contribution in [1.29, 1.82) is 0 Å². The van der Waals surface area contributed by atoms with E-state index in [-0.39, 0.29) is 25.2 Å². The van der Waals surface area contributed by atoms with Gasteiger partial charge in [0.15, 0.2) is 5.78 Å². The van der Waals surface area contributed by atoms with Crippen LogP contribution in [0.5, 0.6) is 0 Å². The molecular weight excluding hydrogens is 160 g/mol. The highest BCUT2D eigenvalue weighted by Gasteiger charge is 2.04. The summed E-state index contributed by atoms with van der Waals surface area (Å²) in [6, 6.07) is 0. The Morgan fingerprint density at radius 3 is 2.50 bits per heavy atom. The molecule has 0 aliphatic rings. The number of ketones is 1. The van der Waals surface area contributed by atoms with Crippen molar-refractivity contribution in [3.05, 3.63) is 0 Å². The van der Waals surface area contributed by atoms with Gasteiger partial charge in [0.05, 0.1) is 6.42 Å². The fourth-order valence-corrected chi connectivity index (χ4v) is 0.649. The summed E-state index contributed by atoms with van der Waals surface area (Å²) in [5, 5.41) is 8.24. The van der Waals surface area contributed by atoms with Crippen LogP contribution in [-0.2, 0) is 14.3 Å². The van der Waals surface area contributed by atoms with Gasteiger partial charge in [-0.1, -0.05) is 6.92 Å². The van der Waals surface area contributed by atoms with Gasteiger partial charge in [0.2, 0.25) is 0 Å². The number of hydrogen-bond acceptors (Lipinski definition) is 3. The monoisotopic (exact) mass is 174 g/mol. The SMILES string of the molecule is CCCOCC(=O)CCC(=O)O. The Bertz CT molecular complexity index is 153. The molecule has 1 N–H and O–H groups in total. The maximum Gasteiger partial charge on any atom is 0.303 e. The Hall–Kier alpha value is -0.900. The van der Waals surface area contributed by atoms with Crippen LogP contribution >= 0.6 is 0 Å². The Morgan fingerprint density at radius 2 is 2.00 bits per heavy atom. The molecule has 0 aromatic carbocycles. The standard InChI is InChI=1S/C8H14O4/c1-2-5-12-6-7(9)3-4-8(10)11/h2-6H2,1H3,(H,10,11). The van der Waals surface area contributed by atoms with E-state index in [4.69, 9.17) is 9.84 Å². The summed E-state index contributed by atoms with van der Waals surface area (Å²) in [6.45, 7) is 2.54. The van der Waals surface area contributed by atoms with Crippen LogP contribution in [0.25, 0.3) is 0 Å². The summed E-state index contributed by atoms with van der Waals surface area (Å²) in [5.74, 6) is -1.09. The first-order chi connectivity index (χ1) is 5.66. The van der Waals surface area contributed by atoms with Crippen LogP contribution in [0.4, 0.5) is 0 Å². The molecule has 0 radical (unpaired) electrons. The van der Waals surface area contributed by atoms with Gasteiger partial charge in [-0.2, -0.15) is 0 Å².